The Labute approximate surface area is 233 Å². The largest absolute Gasteiger partial charge is 0.494 e. The number of benzene rings is 3. The third-order valence-electron chi connectivity index (χ3n) is 5.61. The first-order chi connectivity index (χ1) is 18.7. The van der Waals surface area contributed by atoms with Crippen LogP contribution in [-0.4, -0.2) is 37.8 Å². The van der Waals surface area contributed by atoms with E-state index in [0.29, 0.717) is 34.5 Å². The van der Waals surface area contributed by atoms with E-state index < -0.39 is 10.2 Å². The quantitative estimate of drug-likeness (QED) is 0.110. The van der Waals surface area contributed by atoms with Crippen LogP contribution in [0.4, 0.5) is 5.69 Å². The molecular weight excluding hydrogens is 546 g/mol. The zero-order valence-electron chi connectivity index (χ0n) is 21.0. The van der Waals surface area contributed by atoms with Crippen molar-refractivity contribution >= 4 is 29.1 Å². The minimum absolute atomic E-state index is 0.0366. The standard InChI is InChI=1S/C26H24ClN5O6S/c1-3-37-22-10-8-20(9-11-22)31-17(2)28-29-26(31)39-25(15-30(33)34)19-7-12-24(23(27)14-19)38-16-18-5-4-6-21(13-18)32(35)36/h4-14,25H,3,15-16H2,1-2H3/t25-/m1/s1. The van der Waals surface area contributed by atoms with Gasteiger partial charge in [0, 0.05) is 22.7 Å². The fourth-order valence-corrected chi connectivity index (χ4v) is 5.21. The number of aryl methyl sites for hydroxylation is 1. The molecule has 0 amide bonds. The molecule has 11 nitrogen and oxygen atoms in total. The third kappa shape index (κ3) is 7.03. The third-order valence-corrected chi connectivity index (χ3v) is 7.08. The summed E-state index contributed by atoms with van der Waals surface area (Å²) in [5, 5.41) is 31.1. The maximum atomic E-state index is 11.5. The molecule has 0 spiro atoms. The van der Waals surface area contributed by atoms with Gasteiger partial charge >= 0.3 is 0 Å². The first-order valence-corrected chi connectivity index (χ1v) is 13.1. The van der Waals surface area contributed by atoms with Gasteiger partial charge in [0.1, 0.15) is 29.2 Å². The topological polar surface area (TPSA) is 135 Å². The predicted molar refractivity (Wildman–Crippen MR) is 147 cm³/mol. The van der Waals surface area contributed by atoms with Crippen molar-refractivity contribution in [3.05, 3.63) is 109 Å². The second kappa shape index (κ2) is 12.6. The number of ether oxygens (including phenoxy) is 2. The van der Waals surface area contributed by atoms with E-state index >= 15 is 0 Å². The summed E-state index contributed by atoms with van der Waals surface area (Å²) in [6.07, 6.45) is 0. The lowest BCUT2D eigenvalue weighted by atomic mass is 10.1. The molecule has 3 aromatic carbocycles. The van der Waals surface area contributed by atoms with Crippen LogP contribution in [0.15, 0.2) is 71.9 Å². The van der Waals surface area contributed by atoms with Gasteiger partial charge in [-0.2, -0.15) is 0 Å². The number of nitro groups is 2. The van der Waals surface area contributed by atoms with Crippen LogP contribution >= 0.6 is 23.4 Å². The van der Waals surface area contributed by atoms with E-state index in [4.69, 9.17) is 21.1 Å². The zero-order chi connectivity index (χ0) is 27.9. The van der Waals surface area contributed by atoms with Gasteiger partial charge in [-0.05, 0) is 61.4 Å². The molecule has 1 aromatic heterocycles. The zero-order valence-corrected chi connectivity index (χ0v) is 22.6. The van der Waals surface area contributed by atoms with Crippen molar-refractivity contribution in [1.29, 1.82) is 0 Å². The van der Waals surface area contributed by atoms with Crippen LogP contribution in [0.5, 0.6) is 11.5 Å². The van der Waals surface area contributed by atoms with Crippen LogP contribution in [-0.2, 0) is 6.61 Å². The maximum Gasteiger partial charge on any atom is 0.269 e. The Morgan fingerprint density at radius 2 is 1.79 bits per heavy atom. The molecule has 0 radical (unpaired) electrons. The molecule has 0 saturated heterocycles. The van der Waals surface area contributed by atoms with E-state index in [1.807, 2.05) is 35.8 Å². The average Bonchev–Trinajstić information content (AvgIpc) is 3.27. The highest BCUT2D eigenvalue weighted by molar-refractivity contribution is 7.99. The van der Waals surface area contributed by atoms with Gasteiger partial charge in [0.2, 0.25) is 6.54 Å². The monoisotopic (exact) mass is 569 g/mol. The van der Waals surface area contributed by atoms with Gasteiger partial charge < -0.3 is 9.47 Å². The first-order valence-electron chi connectivity index (χ1n) is 11.8. The molecule has 1 heterocycles. The molecule has 0 bridgehead atoms. The van der Waals surface area contributed by atoms with Crippen LogP contribution in [0.3, 0.4) is 0 Å². The minimum atomic E-state index is -0.617. The molecule has 1 atom stereocenters. The molecule has 0 aliphatic heterocycles. The number of halogens is 1. The Morgan fingerprint density at radius 3 is 2.46 bits per heavy atom. The lowest BCUT2D eigenvalue weighted by molar-refractivity contribution is -0.479. The normalized spacial score (nSPS) is 11.7. The van der Waals surface area contributed by atoms with Crippen molar-refractivity contribution < 1.29 is 19.3 Å². The summed E-state index contributed by atoms with van der Waals surface area (Å²) in [5.41, 5.74) is 1.98. The smallest absolute Gasteiger partial charge is 0.269 e. The number of hydrogen-bond donors (Lipinski definition) is 0. The fraction of sp³-hybridized carbons (Fsp3) is 0.231. The lowest BCUT2D eigenvalue weighted by Crippen LogP contribution is -2.11. The van der Waals surface area contributed by atoms with E-state index in [1.165, 1.54) is 23.9 Å². The number of rotatable bonds is 12. The Bertz CT molecular complexity index is 1480. The van der Waals surface area contributed by atoms with Gasteiger partial charge in [0.25, 0.3) is 5.69 Å². The predicted octanol–water partition coefficient (Wildman–Crippen LogP) is 6.23. The molecule has 202 valence electrons. The lowest BCUT2D eigenvalue weighted by Gasteiger charge is -2.16. The molecule has 0 N–H and O–H groups in total. The van der Waals surface area contributed by atoms with Gasteiger partial charge in [0.05, 0.1) is 16.6 Å². The van der Waals surface area contributed by atoms with E-state index in [-0.39, 0.29) is 28.8 Å². The van der Waals surface area contributed by atoms with Crippen LogP contribution in [0.1, 0.15) is 29.1 Å². The SMILES string of the molecule is CCOc1ccc(-n2c(C)nnc2S[C@H](C[N+](=O)[O-])c2ccc(OCc3cccc([N+](=O)[O-])c3)c(Cl)c2)cc1. The van der Waals surface area contributed by atoms with E-state index in [2.05, 4.69) is 10.2 Å². The van der Waals surface area contributed by atoms with Crippen LogP contribution in [0.2, 0.25) is 5.02 Å². The van der Waals surface area contributed by atoms with Gasteiger partial charge in [-0.1, -0.05) is 41.6 Å². The minimum Gasteiger partial charge on any atom is -0.494 e. The van der Waals surface area contributed by atoms with Crippen LogP contribution in [0, 0.1) is 27.2 Å². The molecule has 39 heavy (non-hydrogen) atoms. The molecule has 0 saturated carbocycles. The average molecular weight is 570 g/mol. The highest BCUT2D eigenvalue weighted by Crippen LogP contribution is 2.39. The summed E-state index contributed by atoms with van der Waals surface area (Å²) in [5.74, 6) is 1.71. The second-order valence-corrected chi connectivity index (χ2v) is 9.90. The number of hydrogen-bond acceptors (Lipinski definition) is 9. The van der Waals surface area contributed by atoms with Gasteiger partial charge in [0.15, 0.2) is 5.16 Å². The Morgan fingerprint density at radius 1 is 1.03 bits per heavy atom. The summed E-state index contributed by atoms with van der Waals surface area (Å²) in [6.45, 7) is 3.96. The number of nitro benzene ring substituents is 1. The van der Waals surface area contributed by atoms with E-state index in [1.54, 1.807) is 37.3 Å². The fourth-order valence-electron chi connectivity index (χ4n) is 3.80. The number of non-ortho nitro benzene ring substituents is 1. The molecular formula is C26H24ClN5O6S. The van der Waals surface area contributed by atoms with Crippen LogP contribution in [0.25, 0.3) is 5.69 Å². The Kier molecular flexibility index (Phi) is 8.99. The van der Waals surface area contributed by atoms with Crippen LogP contribution < -0.4 is 9.47 Å². The highest BCUT2D eigenvalue weighted by atomic mass is 35.5. The number of thioether (sulfide) groups is 1. The van der Waals surface area contributed by atoms with Crippen molar-refractivity contribution in [2.75, 3.05) is 13.2 Å². The number of aromatic nitrogens is 3. The van der Waals surface area contributed by atoms with Gasteiger partial charge in [-0.15, -0.1) is 10.2 Å². The second-order valence-electron chi connectivity index (χ2n) is 8.32. The summed E-state index contributed by atoms with van der Waals surface area (Å²) >= 11 is 7.68. The summed E-state index contributed by atoms with van der Waals surface area (Å²) in [4.78, 5) is 21.7. The van der Waals surface area contributed by atoms with Crippen molar-refractivity contribution in [3.8, 4) is 17.2 Å². The molecule has 0 aliphatic carbocycles. The first kappa shape index (κ1) is 27.9. The highest BCUT2D eigenvalue weighted by Gasteiger charge is 2.25. The van der Waals surface area contributed by atoms with E-state index in [9.17, 15) is 20.2 Å². The molecule has 0 unspecified atom stereocenters. The molecule has 0 fully saturated rings. The van der Waals surface area contributed by atoms with Crippen molar-refractivity contribution in [3.63, 3.8) is 0 Å². The number of nitrogens with zero attached hydrogens (tertiary/aromatic N) is 5. The Hall–Kier alpha value is -4.16. The summed E-state index contributed by atoms with van der Waals surface area (Å²) in [6, 6.07) is 18.5. The maximum absolute atomic E-state index is 11.5. The Balaban J connectivity index is 1.55. The van der Waals surface area contributed by atoms with Crippen molar-refractivity contribution in [2.24, 2.45) is 0 Å². The summed E-state index contributed by atoms with van der Waals surface area (Å²) < 4.78 is 13.1. The molecule has 4 rings (SSSR count). The molecule has 0 aliphatic rings. The van der Waals surface area contributed by atoms with Gasteiger partial charge in [-0.25, -0.2) is 0 Å². The van der Waals surface area contributed by atoms with Gasteiger partial charge in [-0.3, -0.25) is 24.8 Å². The summed E-state index contributed by atoms with van der Waals surface area (Å²) in [7, 11) is 0. The molecule has 13 heteroatoms. The van der Waals surface area contributed by atoms with E-state index in [0.717, 1.165) is 11.4 Å². The van der Waals surface area contributed by atoms with Crippen molar-refractivity contribution in [1.82, 2.24) is 14.8 Å². The molecule has 4 aromatic rings. The van der Waals surface area contributed by atoms with Crippen molar-refractivity contribution in [2.45, 2.75) is 30.9 Å².